The summed E-state index contributed by atoms with van der Waals surface area (Å²) in [6.45, 7) is 4.63. The maximum atomic E-state index is 13.2. The van der Waals surface area contributed by atoms with Gasteiger partial charge in [0.2, 0.25) is 5.91 Å². The van der Waals surface area contributed by atoms with Gasteiger partial charge in [-0.15, -0.1) is 0 Å². The fourth-order valence-electron chi connectivity index (χ4n) is 3.85. The molecule has 2 aromatic carbocycles. The molecule has 2 heterocycles. The maximum absolute atomic E-state index is 13.2. The molecule has 1 atom stereocenters. The van der Waals surface area contributed by atoms with E-state index in [-0.39, 0.29) is 11.8 Å². The highest BCUT2D eigenvalue weighted by atomic mass is 16.5. The second-order valence-electron chi connectivity index (χ2n) is 7.13. The second-order valence-corrected chi connectivity index (χ2v) is 7.13. The highest BCUT2D eigenvalue weighted by molar-refractivity contribution is 6.11. The molecule has 146 valence electrons. The van der Waals surface area contributed by atoms with Gasteiger partial charge in [0.05, 0.1) is 13.2 Å². The Balaban J connectivity index is 1.47. The van der Waals surface area contributed by atoms with Gasteiger partial charge in [0.25, 0.3) is 5.91 Å². The van der Waals surface area contributed by atoms with Crippen LogP contribution in [0.4, 0.5) is 5.69 Å². The summed E-state index contributed by atoms with van der Waals surface area (Å²) in [6, 6.07) is 16.4. The van der Waals surface area contributed by atoms with Crippen LogP contribution in [0.2, 0.25) is 0 Å². The molecule has 2 amide bonds. The van der Waals surface area contributed by atoms with Crippen molar-refractivity contribution in [3.05, 3.63) is 65.7 Å². The van der Waals surface area contributed by atoms with Crippen LogP contribution < -0.4 is 10.2 Å². The lowest BCUT2D eigenvalue weighted by Gasteiger charge is -2.28. The number of fused-ring (bicyclic) bond motifs is 1. The van der Waals surface area contributed by atoms with E-state index in [1.54, 1.807) is 17.0 Å². The lowest BCUT2D eigenvalue weighted by atomic mass is 10.1. The molecule has 0 radical (unpaired) electrons. The van der Waals surface area contributed by atoms with Crippen molar-refractivity contribution in [2.24, 2.45) is 0 Å². The molecule has 2 aliphatic rings. The Labute approximate surface area is 165 Å². The molecule has 0 aromatic heterocycles. The van der Waals surface area contributed by atoms with Gasteiger partial charge >= 0.3 is 0 Å². The fourth-order valence-corrected chi connectivity index (χ4v) is 3.85. The number of rotatable bonds is 5. The highest BCUT2D eigenvalue weighted by Gasteiger charge is 2.38. The first-order valence-electron chi connectivity index (χ1n) is 9.78. The summed E-state index contributed by atoms with van der Waals surface area (Å²) >= 11 is 0. The molecule has 6 heteroatoms. The highest BCUT2D eigenvalue weighted by Crippen LogP contribution is 2.33. The standard InChI is InChI=1S/C22H25N3O3/c26-21(23-10-11-24-12-14-28-15-13-24)20-16-18-8-4-5-9-19(18)25(20)22(27)17-6-2-1-3-7-17/h1-9,20H,10-16H2,(H,23,26)/t20-/m0/s1. The monoisotopic (exact) mass is 379 g/mol. The molecule has 2 aliphatic heterocycles. The van der Waals surface area contributed by atoms with Gasteiger partial charge in [-0.1, -0.05) is 36.4 Å². The number of carbonyl (C=O) groups is 2. The summed E-state index contributed by atoms with van der Waals surface area (Å²) in [7, 11) is 0. The molecule has 1 saturated heterocycles. The first-order chi connectivity index (χ1) is 13.7. The van der Waals surface area contributed by atoms with Crippen molar-refractivity contribution in [3.63, 3.8) is 0 Å². The van der Waals surface area contributed by atoms with Gasteiger partial charge in [-0.25, -0.2) is 0 Å². The van der Waals surface area contributed by atoms with Crippen molar-refractivity contribution in [1.82, 2.24) is 10.2 Å². The Morgan fingerprint density at radius 1 is 1.00 bits per heavy atom. The van der Waals surface area contributed by atoms with Gasteiger partial charge in [0, 0.05) is 43.9 Å². The molecule has 6 nitrogen and oxygen atoms in total. The van der Waals surface area contributed by atoms with Gasteiger partial charge in [-0.05, 0) is 23.8 Å². The molecule has 28 heavy (non-hydrogen) atoms. The third-order valence-electron chi connectivity index (χ3n) is 5.35. The van der Waals surface area contributed by atoms with Crippen LogP contribution in [-0.2, 0) is 16.0 Å². The third kappa shape index (κ3) is 3.93. The first-order valence-corrected chi connectivity index (χ1v) is 9.78. The molecule has 0 unspecified atom stereocenters. The van der Waals surface area contributed by atoms with Crippen LogP contribution in [0.15, 0.2) is 54.6 Å². The van der Waals surface area contributed by atoms with Gasteiger partial charge in [0.15, 0.2) is 0 Å². The van der Waals surface area contributed by atoms with Gasteiger partial charge in [-0.2, -0.15) is 0 Å². The minimum atomic E-state index is -0.519. The molecular weight excluding hydrogens is 354 g/mol. The number of morpholine rings is 1. The Kier molecular flexibility index (Phi) is 5.69. The molecule has 0 aliphatic carbocycles. The summed E-state index contributed by atoms with van der Waals surface area (Å²) < 4.78 is 5.35. The largest absolute Gasteiger partial charge is 0.379 e. The Morgan fingerprint density at radius 3 is 2.50 bits per heavy atom. The minimum absolute atomic E-state index is 0.103. The van der Waals surface area contributed by atoms with Crippen molar-refractivity contribution in [3.8, 4) is 0 Å². The van der Waals surface area contributed by atoms with Crippen LogP contribution in [0.3, 0.4) is 0 Å². The Bertz CT molecular complexity index is 834. The normalized spacial score (nSPS) is 19.3. The minimum Gasteiger partial charge on any atom is -0.379 e. The second kappa shape index (κ2) is 8.54. The van der Waals surface area contributed by atoms with E-state index in [0.29, 0.717) is 18.5 Å². The lowest BCUT2D eigenvalue weighted by Crippen LogP contribution is -2.50. The van der Waals surface area contributed by atoms with E-state index in [0.717, 1.165) is 44.1 Å². The van der Waals surface area contributed by atoms with Crippen molar-refractivity contribution in [2.45, 2.75) is 12.5 Å². The molecule has 4 rings (SSSR count). The van der Waals surface area contributed by atoms with Gasteiger partial charge in [-0.3, -0.25) is 19.4 Å². The molecular formula is C22H25N3O3. The number of anilines is 1. The van der Waals surface area contributed by atoms with Gasteiger partial charge < -0.3 is 10.1 Å². The van der Waals surface area contributed by atoms with Gasteiger partial charge in [0.1, 0.15) is 6.04 Å². The quantitative estimate of drug-likeness (QED) is 0.859. The molecule has 0 saturated carbocycles. The van der Waals surface area contributed by atoms with E-state index in [9.17, 15) is 9.59 Å². The van der Waals surface area contributed by atoms with E-state index >= 15 is 0 Å². The molecule has 2 aromatic rings. The van der Waals surface area contributed by atoms with E-state index in [2.05, 4.69) is 10.2 Å². The number of benzene rings is 2. The van der Waals surface area contributed by atoms with E-state index in [4.69, 9.17) is 4.74 Å². The Hall–Kier alpha value is -2.70. The van der Waals surface area contributed by atoms with Crippen LogP contribution in [0, 0.1) is 0 Å². The zero-order chi connectivity index (χ0) is 19.3. The van der Waals surface area contributed by atoms with E-state index in [1.165, 1.54) is 0 Å². The molecule has 1 fully saturated rings. The number of ether oxygens (including phenoxy) is 1. The van der Waals surface area contributed by atoms with Crippen LogP contribution in [-0.4, -0.2) is 62.1 Å². The number of para-hydroxylation sites is 1. The SMILES string of the molecule is O=C(NCCN1CCOCC1)[C@@H]1Cc2ccccc2N1C(=O)c1ccccc1. The third-order valence-corrected chi connectivity index (χ3v) is 5.35. The van der Waals surface area contributed by atoms with Crippen molar-refractivity contribution < 1.29 is 14.3 Å². The van der Waals surface area contributed by atoms with E-state index < -0.39 is 6.04 Å². The number of hydrogen-bond acceptors (Lipinski definition) is 4. The summed E-state index contributed by atoms with van der Waals surface area (Å²) in [4.78, 5) is 30.0. The van der Waals surface area contributed by atoms with Crippen molar-refractivity contribution in [2.75, 3.05) is 44.3 Å². The summed E-state index contributed by atoms with van der Waals surface area (Å²) in [5, 5.41) is 3.03. The van der Waals surface area contributed by atoms with Crippen LogP contribution in [0.25, 0.3) is 0 Å². The zero-order valence-electron chi connectivity index (χ0n) is 15.8. The summed E-state index contributed by atoms with van der Waals surface area (Å²) in [5.41, 5.74) is 2.44. The molecule has 1 N–H and O–H groups in total. The van der Waals surface area contributed by atoms with Crippen molar-refractivity contribution in [1.29, 1.82) is 0 Å². The predicted molar refractivity (Wildman–Crippen MR) is 107 cm³/mol. The Morgan fingerprint density at radius 2 is 1.71 bits per heavy atom. The summed E-state index contributed by atoms with van der Waals surface area (Å²) in [6.07, 6.45) is 0.540. The number of amides is 2. The lowest BCUT2D eigenvalue weighted by molar-refractivity contribution is -0.122. The number of nitrogens with zero attached hydrogens (tertiary/aromatic N) is 2. The van der Waals surface area contributed by atoms with Crippen molar-refractivity contribution >= 4 is 17.5 Å². The molecule has 0 bridgehead atoms. The predicted octanol–water partition coefficient (Wildman–Crippen LogP) is 1.71. The first kappa shape index (κ1) is 18.7. The van der Waals surface area contributed by atoms with Crippen LogP contribution in [0.1, 0.15) is 15.9 Å². The van der Waals surface area contributed by atoms with E-state index in [1.807, 2.05) is 42.5 Å². The average Bonchev–Trinajstić information content (AvgIpc) is 3.14. The number of nitrogens with one attached hydrogen (secondary N) is 1. The van der Waals surface area contributed by atoms with Crippen LogP contribution in [0.5, 0.6) is 0 Å². The fraction of sp³-hybridized carbons (Fsp3) is 0.364. The smallest absolute Gasteiger partial charge is 0.259 e. The van der Waals surface area contributed by atoms with Crippen LogP contribution >= 0.6 is 0 Å². The average molecular weight is 379 g/mol. The molecule has 0 spiro atoms. The number of hydrogen-bond donors (Lipinski definition) is 1. The zero-order valence-corrected chi connectivity index (χ0v) is 15.8. The topological polar surface area (TPSA) is 61.9 Å². The maximum Gasteiger partial charge on any atom is 0.259 e. The summed E-state index contributed by atoms with van der Waals surface area (Å²) in [5.74, 6) is -0.243. The number of carbonyl (C=O) groups excluding carboxylic acids is 2.